The zero-order valence-electron chi connectivity index (χ0n) is 15.9. The van der Waals surface area contributed by atoms with E-state index in [-0.39, 0.29) is 39.8 Å². The fourth-order valence-electron chi connectivity index (χ4n) is 3.88. The van der Waals surface area contributed by atoms with E-state index in [1.807, 2.05) is 12.1 Å². The quantitative estimate of drug-likeness (QED) is 0.268. The van der Waals surface area contributed by atoms with E-state index in [1.54, 1.807) is 12.1 Å². The Hall–Kier alpha value is -1.80. The maximum absolute atomic E-state index is 13.5. The normalized spacial score (nSPS) is 11.1. The van der Waals surface area contributed by atoms with Crippen molar-refractivity contribution in [2.24, 2.45) is 0 Å². The summed E-state index contributed by atoms with van der Waals surface area (Å²) >= 11 is 0. The summed E-state index contributed by atoms with van der Waals surface area (Å²) in [7, 11) is -2.30. The van der Waals surface area contributed by atoms with Crippen LogP contribution in [0.4, 0.5) is 4.39 Å². The van der Waals surface area contributed by atoms with Gasteiger partial charge in [0.2, 0.25) is 0 Å². The standard InChI is InChI=1S/C25H22FP.2BrH/c26-22-18-16-21(17-19-22)20-27(23-10-4-1-5-11-23,24-12-6-2-7-13-24)25-14-8-3-9-15-25;;/h1-19,27H,20H2;2*1H. The Morgan fingerprint density at radius 2 is 0.828 bits per heavy atom. The molecule has 0 saturated heterocycles. The molecule has 4 aromatic carbocycles. The predicted molar refractivity (Wildman–Crippen MR) is 137 cm³/mol. The van der Waals surface area contributed by atoms with Gasteiger partial charge in [0.1, 0.15) is 0 Å². The van der Waals surface area contributed by atoms with Crippen LogP contribution in [0.2, 0.25) is 0 Å². The first kappa shape index (κ1) is 23.5. The molecule has 4 rings (SSSR count). The third-order valence-electron chi connectivity index (χ3n) is 5.18. The van der Waals surface area contributed by atoms with E-state index in [1.165, 1.54) is 21.5 Å². The van der Waals surface area contributed by atoms with E-state index in [0.717, 1.165) is 6.16 Å². The summed E-state index contributed by atoms with van der Waals surface area (Å²) in [6.07, 6.45) is 0.894. The van der Waals surface area contributed by atoms with Gasteiger partial charge in [0.05, 0.1) is 0 Å². The molecule has 0 heterocycles. The Bertz CT molecular complexity index is 895. The monoisotopic (exact) mass is 532 g/mol. The molecule has 0 aliphatic rings. The molecule has 0 amide bonds. The molecular weight excluding hydrogens is 510 g/mol. The summed E-state index contributed by atoms with van der Waals surface area (Å²) in [5.74, 6) is -0.190. The first-order chi connectivity index (χ1) is 13.3. The van der Waals surface area contributed by atoms with Gasteiger partial charge in [0.15, 0.2) is 0 Å². The van der Waals surface area contributed by atoms with Gasteiger partial charge >= 0.3 is 160 Å². The molecule has 0 saturated carbocycles. The summed E-state index contributed by atoms with van der Waals surface area (Å²) in [6.45, 7) is 0. The van der Waals surface area contributed by atoms with Crippen LogP contribution in [-0.4, -0.2) is 0 Å². The second-order valence-corrected chi connectivity index (χ2v) is 10.7. The second-order valence-electron chi connectivity index (χ2n) is 6.81. The first-order valence-corrected chi connectivity index (χ1v) is 11.4. The van der Waals surface area contributed by atoms with Crippen LogP contribution < -0.4 is 15.9 Å². The SMILES string of the molecule is Br.Br.Fc1ccc(C[PH](c2ccccc2)(c2ccccc2)c2ccccc2)cc1. The summed E-state index contributed by atoms with van der Waals surface area (Å²) in [5, 5.41) is 4.10. The molecule has 0 spiro atoms. The van der Waals surface area contributed by atoms with Crippen LogP contribution in [0.5, 0.6) is 0 Å². The van der Waals surface area contributed by atoms with Crippen LogP contribution in [0.1, 0.15) is 5.56 Å². The van der Waals surface area contributed by atoms with Crippen LogP contribution in [0.3, 0.4) is 0 Å². The summed E-state index contributed by atoms with van der Waals surface area (Å²) in [6, 6.07) is 39.4. The molecule has 0 aromatic heterocycles. The van der Waals surface area contributed by atoms with Crippen LogP contribution in [0, 0.1) is 5.82 Å². The molecule has 0 unspecified atom stereocenters. The van der Waals surface area contributed by atoms with E-state index >= 15 is 0 Å². The second kappa shape index (κ2) is 10.8. The van der Waals surface area contributed by atoms with Gasteiger partial charge in [0, 0.05) is 0 Å². The zero-order chi connectivity index (χ0) is 18.5. The molecule has 0 radical (unpaired) electrons. The van der Waals surface area contributed by atoms with Gasteiger partial charge in [0.25, 0.3) is 0 Å². The molecule has 4 heteroatoms. The molecule has 0 aliphatic carbocycles. The Kier molecular flexibility index (Phi) is 8.77. The molecular formula is C25H24Br2FP. The van der Waals surface area contributed by atoms with Crippen molar-refractivity contribution < 1.29 is 4.39 Å². The van der Waals surface area contributed by atoms with Gasteiger partial charge in [-0.15, -0.1) is 34.0 Å². The van der Waals surface area contributed by atoms with Gasteiger partial charge in [-0.3, -0.25) is 0 Å². The van der Waals surface area contributed by atoms with Crippen LogP contribution >= 0.6 is 41.2 Å². The fraction of sp³-hybridized carbons (Fsp3) is 0.0400. The van der Waals surface area contributed by atoms with Gasteiger partial charge in [-0.1, -0.05) is 0 Å². The Morgan fingerprint density at radius 3 is 1.17 bits per heavy atom. The van der Waals surface area contributed by atoms with Gasteiger partial charge in [-0.05, 0) is 0 Å². The summed E-state index contributed by atoms with van der Waals surface area (Å²) in [4.78, 5) is 0. The molecule has 29 heavy (non-hydrogen) atoms. The van der Waals surface area contributed by atoms with Crippen molar-refractivity contribution in [1.29, 1.82) is 0 Å². The average molecular weight is 534 g/mol. The number of hydrogen-bond donors (Lipinski definition) is 0. The van der Waals surface area contributed by atoms with Gasteiger partial charge in [-0.2, -0.15) is 0 Å². The molecule has 0 nitrogen and oxygen atoms in total. The summed E-state index contributed by atoms with van der Waals surface area (Å²) in [5.41, 5.74) is 1.17. The van der Waals surface area contributed by atoms with Crippen molar-refractivity contribution in [1.82, 2.24) is 0 Å². The van der Waals surface area contributed by atoms with Crippen molar-refractivity contribution in [2.45, 2.75) is 6.16 Å². The Morgan fingerprint density at radius 1 is 0.483 bits per heavy atom. The van der Waals surface area contributed by atoms with E-state index in [4.69, 9.17) is 0 Å². The van der Waals surface area contributed by atoms with Crippen molar-refractivity contribution in [2.75, 3.05) is 0 Å². The van der Waals surface area contributed by atoms with Crippen molar-refractivity contribution >= 4 is 57.1 Å². The predicted octanol–water partition coefficient (Wildman–Crippen LogP) is 6.21. The first-order valence-electron chi connectivity index (χ1n) is 9.20. The third-order valence-corrected chi connectivity index (χ3v) is 10.1. The molecule has 0 N–H and O–H groups in total. The summed E-state index contributed by atoms with van der Waals surface area (Å²) < 4.78 is 13.5. The Balaban J connectivity index is 0.00000150. The topological polar surface area (TPSA) is 0 Å². The van der Waals surface area contributed by atoms with Crippen molar-refractivity contribution in [3.63, 3.8) is 0 Å². The van der Waals surface area contributed by atoms with Crippen LogP contribution in [0.15, 0.2) is 115 Å². The number of benzene rings is 4. The van der Waals surface area contributed by atoms with Crippen molar-refractivity contribution in [3.8, 4) is 0 Å². The minimum atomic E-state index is -2.30. The number of rotatable bonds is 5. The molecule has 0 fully saturated rings. The number of halogens is 3. The molecule has 4 aromatic rings. The Labute approximate surface area is 193 Å². The van der Waals surface area contributed by atoms with E-state index in [2.05, 4.69) is 91.0 Å². The van der Waals surface area contributed by atoms with E-state index < -0.39 is 7.26 Å². The van der Waals surface area contributed by atoms with Gasteiger partial charge in [-0.25, -0.2) is 0 Å². The van der Waals surface area contributed by atoms with Crippen LogP contribution in [0.25, 0.3) is 0 Å². The maximum atomic E-state index is 13.5. The average Bonchev–Trinajstić information content (AvgIpc) is 2.75. The van der Waals surface area contributed by atoms with Crippen LogP contribution in [-0.2, 0) is 6.16 Å². The van der Waals surface area contributed by atoms with E-state index in [0.29, 0.717) is 0 Å². The third kappa shape index (κ3) is 5.04. The molecule has 150 valence electrons. The molecule has 0 atom stereocenters. The fourth-order valence-corrected chi connectivity index (χ4v) is 8.63. The minimum absolute atomic E-state index is 0. The van der Waals surface area contributed by atoms with Gasteiger partial charge < -0.3 is 0 Å². The van der Waals surface area contributed by atoms with E-state index in [9.17, 15) is 4.39 Å². The molecule has 0 aliphatic heterocycles. The van der Waals surface area contributed by atoms with Crippen molar-refractivity contribution in [3.05, 3.63) is 127 Å². The molecule has 0 bridgehead atoms. The number of hydrogen-bond acceptors (Lipinski definition) is 0. The zero-order valence-corrected chi connectivity index (χ0v) is 20.3.